The Kier molecular flexibility index (Phi) is 9.79. The van der Waals surface area contributed by atoms with E-state index in [1.54, 1.807) is 50.2 Å². The van der Waals surface area contributed by atoms with E-state index in [-0.39, 0.29) is 24.2 Å². The van der Waals surface area contributed by atoms with E-state index in [0.29, 0.717) is 22.0 Å². The molecule has 2 rings (SSSR count). The maximum Gasteiger partial charge on any atom is 0.244 e. The van der Waals surface area contributed by atoms with Crippen LogP contribution in [0.15, 0.2) is 42.5 Å². The number of rotatable bonds is 10. The number of carbonyl (C=O) groups excluding carboxylic acids is 2. The molecule has 0 spiro atoms. The highest BCUT2D eigenvalue weighted by Crippen LogP contribution is 2.26. The molecule has 0 bridgehead atoms. The fourth-order valence-corrected chi connectivity index (χ4v) is 4.67. The van der Waals surface area contributed by atoms with Gasteiger partial charge in [0.2, 0.25) is 21.8 Å². The molecule has 0 aromatic heterocycles. The summed E-state index contributed by atoms with van der Waals surface area (Å²) < 4.78 is 26.3. The van der Waals surface area contributed by atoms with Crippen LogP contribution in [0.2, 0.25) is 10.0 Å². The molecular formula is C24H31Cl2N3O4S. The molecule has 2 aromatic rings. The molecule has 34 heavy (non-hydrogen) atoms. The summed E-state index contributed by atoms with van der Waals surface area (Å²) in [5, 5.41) is 3.68. The minimum absolute atomic E-state index is 0.0504. The minimum atomic E-state index is -3.83. The number of amides is 2. The maximum absolute atomic E-state index is 13.6. The van der Waals surface area contributed by atoms with Gasteiger partial charge in [0.25, 0.3) is 0 Å². The molecule has 0 fully saturated rings. The minimum Gasteiger partial charge on any atom is -0.352 e. The number of aryl methyl sites for hydroxylation is 1. The first-order chi connectivity index (χ1) is 15.8. The van der Waals surface area contributed by atoms with Crippen molar-refractivity contribution >= 4 is 50.7 Å². The van der Waals surface area contributed by atoms with Gasteiger partial charge >= 0.3 is 0 Å². The van der Waals surface area contributed by atoms with Crippen LogP contribution >= 0.6 is 23.2 Å². The highest BCUT2D eigenvalue weighted by molar-refractivity contribution is 7.92. The smallest absolute Gasteiger partial charge is 0.244 e. The summed E-state index contributed by atoms with van der Waals surface area (Å²) in [7, 11) is -3.83. The second-order valence-corrected chi connectivity index (χ2v) is 11.1. The van der Waals surface area contributed by atoms with Gasteiger partial charge in [-0.3, -0.25) is 13.9 Å². The summed E-state index contributed by atoms with van der Waals surface area (Å²) in [6.07, 6.45) is 1.36. The Morgan fingerprint density at radius 3 is 2.24 bits per heavy atom. The van der Waals surface area contributed by atoms with Crippen LogP contribution in [-0.2, 0) is 26.2 Å². The molecule has 1 atom stereocenters. The second kappa shape index (κ2) is 11.9. The van der Waals surface area contributed by atoms with E-state index in [0.717, 1.165) is 16.1 Å². The zero-order valence-electron chi connectivity index (χ0n) is 20.0. The van der Waals surface area contributed by atoms with E-state index < -0.39 is 28.5 Å². The van der Waals surface area contributed by atoms with Crippen molar-refractivity contribution in [1.82, 2.24) is 10.2 Å². The van der Waals surface area contributed by atoms with Gasteiger partial charge in [-0.05, 0) is 56.5 Å². The van der Waals surface area contributed by atoms with Gasteiger partial charge in [-0.15, -0.1) is 0 Å². The van der Waals surface area contributed by atoms with Gasteiger partial charge in [0.1, 0.15) is 12.6 Å². The van der Waals surface area contributed by atoms with Crippen LogP contribution in [0.4, 0.5) is 5.69 Å². The summed E-state index contributed by atoms with van der Waals surface area (Å²) in [5.41, 5.74) is 1.70. The topological polar surface area (TPSA) is 86.8 Å². The number of hydrogen-bond donors (Lipinski definition) is 1. The zero-order chi connectivity index (χ0) is 25.6. The van der Waals surface area contributed by atoms with Gasteiger partial charge in [0, 0.05) is 22.6 Å². The first-order valence-electron chi connectivity index (χ1n) is 10.9. The van der Waals surface area contributed by atoms with Gasteiger partial charge in [-0.1, -0.05) is 54.4 Å². The Hall–Kier alpha value is -2.29. The van der Waals surface area contributed by atoms with E-state index in [2.05, 4.69) is 5.32 Å². The average Bonchev–Trinajstić information content (AvgIpc) is 2.73. The van der Waals surface area contributed by atoms with E-state index in [4.69, 9.17) is 23.2 Å². The third kappa shape index (κ3) is 7.35. The average molecular weight is 529 g/mol. The Morgan fingerprint density at radius 2 is 1.71 bits per heavy atom. The molecule has 0 aliphatic heterocycles. The van der Waals surface area contributed by atoms with Crippen molar-refractivity contribution in [3.63, 3.8) is 0 Å². The summed E-state index contributed by atoms with van der Waals surface area (Å²) >= 11 is 12.5. The number of hydrogen-bond acceptors (Lipinski definition) is 4. The Bertz CT molecular complexity index is 1140. The third-order valence-electron chi connectivity index (χ3n) is 5.24. The number of benzene rings is 2. The number of sulfonamides is 1. The molecule has 1 N–H and O–H groups in total. The Balaban J connectivity index is 2.48. The maximum atomic E-state index is 13.6. The zero-order valence-corrected chi connectivity index (χ0v) is 22.3. The van der Waals surface area contributed by atoms with Crippen LogP contribution in [0.3, 0.4) is 0 Å². The first-order valence-corrected chi connectivity index (χ1v) is 13.5. The molecule has 0 aliphatic rings. The van der Waals surface area contributed by atoms with Gasteiger partial charge in [0.05, 0.1) is 11.9 Å². The molecule has 0 saturated heterocycles. The molecule has 2 aromatic carbocycles. The predicted molar refractivity (Wildman–Crippen MR) is 138 cm³/mol. The molecule has 0 unspecified atom stereocenters. The van der Waals surface area contributed by atoms with E-state index in [9.17, 15) is 18.0 Å². The number of anilines is 1. The lowest BCUT2D eigenvalue weighted by atomic mass is 10.1. The second-order valence-electron chi connectivity index (χ2n) is 8.40. The van der Waals surface area contributed by atoms with Crippen molar-refractivity contribution in [1.29, 1.82) is 0 Å². The van der Waals surface area contributed by atoms with Crippen LogP contribution in [0.5, 0.6) is 0 Å². The number of nitrogens with zero attached hydrogens (tertiary/aromatic N) is 2. The first kappa shape index (κ1) is 28.0. The third-order valence-corrected chi connectivity index (χ3v) is 7.15. The fraction of sp³-hybridized carbons (Fsp3) is 0.417. The lowest BCUT2D eigenvalue weighted by Gasteiger charge is -2.33. The van der Waals surface area contributed by atoms with Crippen LogP contribution in [-0.4, -0.2) is 50.0 Å². The molecule has 186 valence electrons. The van der Waals surface area contributed by atoms with Crippen molar-refractivity contribution in [2.75, 3.05) is 17.1 Å². The highest BCUT2D eigenvalue weighted by Gasteiger charge is 2.32. The quantitative estimate of drug-likeness (QED) is 0.495. The lowest BCUT2D eigenvalue weighted by Crippen LogP contribution is -2.53. The van der Waals surface area contributed by atoms with Crippen molar-refractivity contribution < 1.29 is 18.0 Å². The highest BCUT2D eigenvalue weighted by atomic mass is 35.5. The Labute approximate surface area is 212 Å². The molecule has 2 amide bonds. The predicted octanol–water partition coefficient (Wildman–Crippen LogP) is 4.40. The number of nitrogens with one attached hydrogen (secondary N) is 1. The summed E-state index contributed by atoms with van der Waals surface area (Å²) in [4.78, 5) is 27.9. The van der Waals surface area contributed by atoms with Crippen LogP contribution in [0.25, 0.3) is 0 Å². The Morgan fingerprint density at radius 1 is 1.06 bits per heavy atom. The van der Waals surface area contributed by atoms with Gasteiger partial charge in [-0.25, -0.2) is 8.42 Å². The standard InChI is InChI=1S/C24H31Cl2N3O4S/c1-6-22(24(31)27-16(2)3)28(14-18-9-7-8-10-20(18)25)23(30)15-29(34(5,32)33)19-12-11-17(4)21(26)13-19/h7-13,16,22H,6,14-15H2,1-5H3,(H,27,31)/t22-/m0/s1. The van der Waals surface area contributed by atoms with Gasteiger partial charge in [0.15, 0.2) is 0 Å². The molecule has 10 heteroatoms. The van der Waals surface area contributed by atoms with Crippen molar-refractivity contribution in [2.24, 2.45) is 0 Å². The molecule has 0 saturated carbocycles. The molecular weight excluding hydrogens is 497 g/mol. The van der Waals surface area contributed by atoms with Crippen molar-refractivity contribution in [3.8, 4) is 0 Å². The van der Waals surface area contributed by atoms with Crippen LogP contribution < -0.4 is 9.62 Å². The van der Waals surface area contributed by atoms with Crippen LogP contribution in [0, 0.1) is 6.92 Å². The van der Waals surface area contributed by atoms with Gasteiger partial charge < -0.3 is 10.2 Å². The molecule has 0 radical (unpaired) electrons. The summed E-state index contributed by atoms with van der Waals surface area (Å²) in [6, 6.07) is 10.9. The molecule has 0 aliphatic carbocycles. The SMILES string of the molecule is CC[C@@H](C(=O)NC(C)C)N(Cc1ccccc1Cl)C(=O)CN(c1ccc(C)c(Cl)c1)S(C)(=O)=O. The normalized spacial score (nSPS) is 12.4. The van der Waals surface area contributed by atoms with E-state index in [1.165, 1.54) is 11.0 Å². The number of halogens is 2. The van der Waals surface area contributed by atoms with Gasteiger partial charge in [-0.2, -0.15) is 0 Å². The van der Waals surface area contributed by atoms with Crippen molar-refractivity contribution in [3.05, 3.63) is 63.6 Å². The van der Waals surface area contributed by atoms with Crippen LogP contribution in [0.1, 0.15) is 38.3 Å². The largest absolute Gasteiger partial charge is 0.352 e. The fourth-order valence-electron chi connectivity index (χ4n) is 3.46. The lowest BCUT2D eigenvalue weighted by molar-refractivity contribution is -0.140. The van der Waals surface area contributed by atoms with E-state index >= 15 is 0 Å². The van der Waals surface area contributed by atoms with Crippen molar-refractivity contribution in [2.45, 2.75) is 52.7 Å². The van der Waals surface area contributed by atoms with E-state index in [1.807, 2.05) is 13.8 Å². The molecule has 7 nitrogen and oxygen atoms in total. The molecule has 0 heterocycles. The number of carbonyl (C=O) groups is 2. The monoisotopic (exact) mass is 527 g/mol. The summed E-state index contributed by atoms with van der Waals surface area (Å²) in [5.74, 6) is -0.852. The summed E-state index contributed by atoms with van der Waals surface area (Å²) in [6.45, 7) is 6.82.